The number of alkyl halides is 1. The summed E-state index contributed by atoms with van der Waals surface area (Å²) in [5.41, 5.74) is 2.37. The first-order chi connectivity index (χ1) is 14.7. The molecule has 1 fully saturated rings. The zero-order valence-electron chi connectivity index (χ0n) is 16.1. The van der Waals surface area contributed by atoms with E-state index in [1.54, 1.807) is 22.7 Å². The number of rotatable bonds is 3. The zero-order valence-corrected chi connectivity index (χ0v) is 16.1. The Morgan fingerprint density at radius 2 is 2.00 bits per heavy atom. The highest BCUT2D eigenvalue weighted by Gasteiger charge is 2.25. The Hall–Kier alpha value is -3.57. The number of para-hydroxylation sites is 1. The first kappa shape index (κ1) is 18.5. The Kier molecular flexibility index (Phi) is 4.73. The molecule has 1 N–H and O–H groups in total. The van der Waals surface area contributed by atoms with Crippen LogP contribution in [-0.4, -0.2) is 44.9 Å². The molecule has 0 spiro atoms. The predicted octanol–water partition coefficient (Wildman–Crippen LogP) is 3.29. The van der Waals surface area contributed by atoms with Crippen molar-refractivity contribution in [3.8, 4) is 23.3 Å². The number of hydrogen-bond donors (Lipinski definition) is 1. The van der Waals surface area contributed by atoms with Gasteiger partial charge in [0.25, 0.3) is 0 Å². The summed E-state index contributed by atoms with van der Waals surface area (Å²) in [5, 5.41) is 21.7. The molecule has 1 aliphatic heterocycles. The van der Waals surface area contributed by atoms with E-state index in [0.717, 1.165) is 11.9 Å². The third-order valence-corrected chi connectivity index (χ3v) is 5.33. The topological polar surface area (TPSA) is 88.1 Å². The van der Waals surface area contributed by atoms with Crippen molar-refractivity contribution in [2.75, 3.05) is 13.1 Å². The minimum Gasteiger partial charge on any atom is -0.485 e. The molecule has 1 aromatic carbocycles. The van der Waals surface area contributed by atoms with Gasteiger partial charge >= 0.3 is 0 Å². The van der Waals surface area contributed by atoms with Crippen molar-refractivity contribution in [2.45, 2.75) is 25.1 Å². The summed E-state index contributed by atoms with van der Waals surface area (Å²) >= 11 is 0. The fraction of sp³-hybridized carbons (Fsp3) is 0.273. The van der Waals surface area contributed by atoms with E-state index in [0.29, 0.717) is 53.4 Å². The van der Waals surface area contributed by atoms with Crippen LogP contribution in [0, 0.1) is 11.3 Å². The molecule has 1 aliphatic rings. The molecule has 4 aromatic rings. The molecule has 5 rings (SSSR count). The lowest BCUT2D eigenvalue weighted by molar-refractivity contribution is 0.0983. The Bertz CT molecular complexity index is 1260. The Morgan fingerprint density at radius 1 is 1.10 bits per heavy atom. The van der Waals surface area contributed by atoms with E-state index >= 15 is 0 Å². The molecule has 1 saturated heterocycles. The molecule has 0 saturated carbocycles. The largest absolute Gasteiger partial charge is 0.485 e. The van der Waals surface area contributed by atoms with E-state index in [9.17, 15) is 9.65 Å². The van der Waals surface area contributed by atoms with Crippen molar-refractivity contribution in [1.82, 2.24) is 24.9 Å². The zero-order chi connectivity index (χ0) is 20.5. The smallest absolute Gasteiger partial charge is 0.187 e. The fourth-order valence-corrected chi connectivity index (χ4v) is 3.74. The monoisotopic (exact) mass is 402 g/mol. The molecular weight excluding hydrogens is 383 g/mol. The summed E-state index contributed by atoms with van der Waals surface area (Å²) in [6.45, 7) is 1.38. The summed E-state index contributed by atoms with van der Waals surface area (Å²) in [6.07, 6.45) is 1.18. The molecule has 2 atom stereocenters. The van der Waals surface area contributed by atoms with Gasteiger partial charge in [0.05, 0.1) is 5.56 Å². The molecule has 0 aliphatic carbocycles. The number of nitrogens with zero attached hydrogens (tertiary/aromatic N) is 5. The standard InChI is InChI=1S/C22H19FN6O/c23-16-8-10-25-11-9-18(16)30-19-3-1-2-15-5-6-17(26-21(15)19)22-28-27-20-7-4-14(12-24)13-29(20)22/h1-7,13,16,18,25H,8-11H2/t16-,18-/m1/s1. The number of nitrogens with one attached hydrogen (secondary N) is 1. The highest BCUT2D eigenvalue weighted by molar-refractivity contribution is 5.86. The Morgan fingerprint density at radius 3 is 2.90 bits per heavy atom. The van der Waals surface area contributed by atoms with E-state index in [2.05, 4.69) is 21.6 Å². The number of aromatic nitrogens is 4. The van der Waals surface area contributed by atoms with Crippen molar-refractivity contribution in [3.05, 3.63) is 54.2 Å². The van der Waals surface area contributed by atoms with E-state index < -0.39 is 12.3 Å². The van der Waals surface area contributed by atoms with Gasteiger partial charge in [0, 0.05) is 11.6 Å². The quantitative estimate of drug-likeness (QED) is 0.566. The molecule has 3 aromatic heterocycles. The second-order valence-corrected chi connectivity index (χ2v) is 7.31. The number of ether oxygens (including phenoxy) is 1. The molecule has 8 heteroatoms. The summed E-state index contributed by atoms with van der Waals surface area (Å²) in [6, 6.07) is 15.0. The van der Waals surface area contributed by atoms with Crippen molar-refractivity contribution in [3.63, 3.8) is 0 Å². The van der Waals surface area contributed by atoms with E-state index in [-0.39, 0.29) is 0 Å². The number of nitriles is 1. The van der Waals surface area contributed by atoms with Crippen LogP contribution in [0.1, 0.15) is 18.4 Å². The average Bonchev–Trinajstić information content (AvgIpc) is 3.10. The Balaban J connectivity index is 1.57. The van der Waals surface area contributed by atoms with Crippen LogP contribution in [-0.2, 0) is 0 Å². The van der Waals surface area contributed by atoms with Gasteiger partial charge in [-0.25, -0.2) is 9.37 Å². The van der Waals surface area contributed by atoms with Gasteiger partial charge < -0.3 is 10.1 Å². The molecule has 0 radical (unpaired) electrons. The third-order valence-electron chi connectivity index (χ3n) is 5.33. The number of halogens is 1. The highest BCUT2D eigenvalue weighted by atomic mass is 19.1. The van der Waals surface area contributed by atoms with Crippen LogP contribution < -0.4 is 10.1 Å². The first-order valence-corrected chi connectivity index (χ1v) is 9.89. The lowest BCUT2D eigenvalue weighted by Gasteiger charge is -2.21. The fourth-order valence-electron chi connectivity index (χ4n) is 3.74. The molecule has 0 unspecified atom stereocenters. The van der Waals surface area contributed by atoms with Gasteiger partial charge in [0.2, 0.25) is 0 Å². The number of hydrogen-bond acceptors (Lipinski definition) is 6. The van der Waals surface area contributed by atoms with Gasteiger partial charge in [-0.05, 0) is 50.2 Å². The van der Waals surface area contributed by atoms with Crippen LogP contribution in [0.4, 0.5) is 4.39 Å². The second-order valence-electron chi connectivity index (χ2n) is 7.31. The lowest BCUT2D eigenvalue weighted by Crippen LogP contribution is -2.28. The van der Waals surface area contributed by atoms with Gasteiger partial charge in [-0.1, -0.05) is 18.2 Å². The maximum Gasteiger partial charge on any atom is 0.187 e. The molecule has 30 heavy (non-hydrogen) atoms. The van der Waals surface area contributed by atoms with Crippen LogP contribution in [0.3, 0.4) is 0 Å². The molecular formula is C22H19FN6O. The van der Waals surface area contributed by atoms with Gasteiger partial charge in [-0.2, -0.15) is 5.26 Å². The third kappa shape index (κ3) is 3.33. The minimum atomic E-state index is -1.02. The van der Waals surface area contributed by atoms with Crippen LogP contribution >= 0.6 is 0 Å². The van der Waals surface area contributed by atoms with Gasteiger partial charge in [-0.3, -0.25) is 4.40 Å². The lowest BCUT2D eigenvalue weighted by atomic mass is 10.1. The van der Waals surface area contributed by atoms with E-state index in [1.807, 2.05) is 30.3 Å². The van der Waals surface area contributed by atoms with Crippen molar-refractivity contribution in [1.29, 1.82) is 5.26 Å². The van der Waals surface area contributed by atoms with E-state index in [1.165, 1.54) is 0 Å². The number of fused-ring (bicyclic) bond motifs is 2. The normalized spacial score (nSPS) is 19.5. The van der Waals surface area contributed by atoms with Crippen LogP contribution in [0.25, 0.3) is 28.1 Å². The average molecular weight is 402 g/mol. The maximum atomic E-state index is 14.5. The number of benzene rings is 1. The maximum absolute atomic E-state index is 14.5. The Labute approximate surface area is 172 Å². The summed E-state index contributed by atoms with van der Waals surface area (Å²) in [4.78, 5) is 4.77. The van der Waals surface area contributed by atoms with Crippen molar-refractivity contribution < 1.29 is 9.13 Å². The van der Waals surface area contributed by atoms with Crippen LogP contribution in [0.5, 0.6) is 5.75 Å². The molecule has 0 bridgehead atoms. The first-order valence-electron chi connectivity index (χ1n) is 9.89. The van der Waals surface area contributed by atoms with Crippen molar-refractivity contribution in [2.24, 2.45) is 0 Å². The minimum absolute atomic E-state index is 0.432. The molecule has 4 heterocycles. The van der Waals surface area contributed by atoms with Crippen LogP contribution in [0.2, 0.25) is 0 Å². The highest BCUT2D eigenvalue weighted by Crippen LogP contribution is 2.29. The summed E-state index contributed by atoms with van der Waals surface area (Å²) in [7, 11) is 0. The summed E-state index contributed by atoms with van der Waals surface area (Å²) < 4.78 is 22.3. The van der Waals surface area contributed by atoms with Crippen molar-refractivity contribution >= 4 is 16.6 Å². The van der Waals surface area contributed by atoms with Gasteiger partial charge in [0.15, 0.2) is 11.5 Å². The molecule has 150 valence electrons. The van der Waals surface area contributed by atoms with Gasteiger partial charge in [-0.15, -0.1) is 10.2 Å². The van der Waals surface area contributed by atoms with Gasteiger partial charge in [0.1, 0.15) is 35.3 Å². The SMILES string of the molecule is N#Cc1ccc2nnc(-c3ccc4cccc(O[C@@H]5CCNCC[C@H]5F)c4n3)n2c1. The summed E-state index contributed by atoms with van der Waals surface area (Å²) in [5.74, 6) is 1.08. The molecule has 7 nitrogen and oxygen atoms in total. The van der Waals surface area contributed by atoms with E-state index in [4.69, 9.17) is 9.72 Å². The second kappa shape index (κ2) is 7.69. The predicted molar refractivity (Wildman–Crippen MR) is 110 cm³/mol. The number of pyridine rings is 2. The molecule has 0 amide bonds. The van der Waals surface area contributed by atoms with Crippen LogP contribution in [0.15, 0.2) is 48.7 Å².